The number of rotatable bonds is 3. The Kier molecular flexibility index (Phi) is 5.93. The van der Waals surface area contributed by atoms with E-state index in [0.29, 0.717) is 23.7 Å². The van der Waals surface area contributed by atoms with E-state index >= 15 is 0 Å². The van der Waals surface area contributed by atoms with Crippen LogP contribution in [-0.2, 0) is 0 Å². The summed E-state index contributed by atoms with van der Waals surface area (Å²) in [5.41, 5.74) is 14.7. The van der Waals surface area contributed by atoms with Crippen molar-refractivity contribution in [2.75, 3.05) is 4.90 Å². The number of hydrogen-bond donors (Lipinski definition) is 0. The van der Waals surface area contributed by atoms with Crippen molar-refractivity contribution in [2.45, 2.75) is 44.1 Å². The zero-order valence-corrected chi connectivity index (χ0v) is 24.6. The molecular formula is C42H37N. The number of hydrogen-bond acceptors (Lipinski definition) is 1. The normalized spacial score (nSPS) is 28.2. The molecule has 1 heterocycles. The fraction of sp³-hybridized carbons (Fsp3) is 0.238. The van der Waals surface area contributed by atoms with E-state index in [1.807, 2.05) is 0 Å². The summed E-state index contributed by atoms with van der Waals surface area (Å²) in [7, 11) is 0. The monoisotopic (exact) mass is 555 g/mol. The van der Waals surface area contributed by atoms with E-state index in [1.165, 1.54) is 64.9 Å². The van der Waals surface area contributed by atoms with E-state index in [4.69, 9.17) is 0 Å². The Morgan fingerprint density at radius 3 is 2.58 bits per heavy atom. The van der Waals surface area contributed by atoms with Crippen LogP contribution in [0.1, 0.15) is 43.6 Å². The minimum Gasteiger partial charge on any atom is -0.333 e. The van der Waals surface area contributed by atoms with Crippen LogP contribution in [0.25, 0.3) is 11.1 Å². The maximum atomic E-state index is 2.59. The molecule has 0 saturated carbocycles. The lowest BCUT2D eigenvalue weighted by molar-refractivity contribution is 0.382. The van der Waals surface area contributed by atoms with Gasteiger partial charge in [-0.15, -0.1) is 0 Å². The summed E-state index contributed by atoms with van der Waals surface area (Å²) in [6.45, 7) is 0. The summed E-state index contributed by atoms with van der Waals surface area (Å²) in [6.07, 6.45) is 28.1. The average molecular weight is 556 g/mol. The fourth-order valence-electron chi connectivity index (χ4n) is 9.04. The van der Waals surface area contributed by atoms with Gasteiger partial charge < -0.3 is 4.90 Å². The van der Waals surface area contributed by atoms with Gasteiger partial charge in [0.25, 0.3) is 0 Å². The quantitative estimate of drug-likeness (QED) is 0.291. The highest BCUT2D eigenvalue weighted by atomic mass is 15.2. The summed E-state index contributed by atoms with van der Waals surface area (Å²) < 4.78 is 0. The topological polar surface area (TPSA) is 3.24 Å². The standard InChI is InChI=1S/C42H37N/c1-2-12-28(13-3-1)29-14-10-15-31(26-29)43-40-22-9-8-20-38(40)42-32(21-11-23-41(42)43)30-24-25-37-35-18-5-4-16-33(35)34-17-6-7-19-36(34)39(37)27-30/h1-4,6,8-17,20-26,33,35,39,41-42H,5,7,18-19,27H2. The van der Waals surface area contributed by atoms with E-state index in [0.717, 1.165) is 6.42 Å². The van der Waals surface area contributed by atoms with Crippen LogP contribution in [-0.4, -0.2) is 6.04 Å². The molecule has 3 aromatic carbocycles. The van der Waals surface area contributed by atoms with Crippen molar-refractivity contribution in [1.29, 1.82) is 0 Å². The molecule has 210 valence electrons. The first kappa shape index (κ1) is 25.2. The molecule has 0 fully saturated rings. The Bertz CT molecular complexity index is 1820. The Labute approximate surface area is 255 Å². The van der Waals surface area contributed by atoms with Gasteiger partial charge in [-0.05, 0) is 89.6 Å². The summed E-state index contributed by atoms with van der Waals surface area (Å²) >= 11 is 0. The van der Waals surface area contributed by atoms with E-state index < -0.39 is 0 Å². The van der Waals surface area contributed by atoms with Gasteiger partial charge in [-0.3, -0.25) is 0 Å². The van der Waals surface area contributed by atoms with Gasteiger partial charge in [-0.1, -0.05) is 126 Å². The smallest absolute Gasteiger partial charge is 0.0635 e. The van der Waals surface area contributed by atoms with Gasteiger partial charge in [0.2, 0.25) is 0 Å². The van der Waals surface area contributed by atoms with Crippen LogP contribution in [0.5, 0.6) is 0 Å². The van der Waals surface area contributed by atoms with Crippen molar-refractivity contribution < 1.29 is 0 Å². The molecule has 0 radical (unpaired) electrons. The maximum Gasteiger partial charge on any atom is 0.0635 e. The van der Waals surface area contributed by atoms with Gasteiger partial charge in [-0.25, -0.2) is 0 Å². The van der Waals surface area contributed by atoms with Crippen LogP contribution in [0.2, 0.25) is 0 Å². The number of para-hydroxylation sites is 1. The van der Waals surface area contributed by atoms with Crippen molar-refractivity contribution in [3.05, 3.63) is 167 Å². The van der Waals surface area contributed by atoms with Gasteiger partial charge >= 0.3 is 0 Å². The minimum atomic E-state index is 0.265. The second kappa shape index (κ2) is 10.1. The van der Waals surface area contributed by atoms with E-state index in [-0.39, 0.29) is 6.04 Å². The minimum absolute atomic E-state index is 0.265. The van der Waals surface area contributed by atoms with Crippen molar-refractivity contribution in [3.8, 4) is 11.1 Å². The predicted molar refractivity (Wildman–Crippen MR) is 179 cm³/mol. The van der Waals surface area contributed by atoms with Gasteiger partial charge in [-0.2, -0.15) is 0 Å². The molecule has 1 heteroatoms. The molecule has 5 aliphatic carbocycles. The molecule has 0 spiro atoms. The highest BCUT2D eigenvalue weighted by Crippen LogP contribution is 2.56. The maximum absolute atomic E-state index is 2.59. The third kappa shape index (κ3) is 3.98. The highest BCUT2D eigenvalue weighted by Gasteiger charge is 2.44. The Hall–Kier alpha value is -4.36. The SMILES string of the molecule is C1=CC2C(C(C3=CC=C4C(C3)C3=C(C=CCC3)C3C=CCCC43)=C1)c1ccccc1N2c1cccc(-c2ccccc2)c1. The highest BCUT2D eigenvalue weighted by molar-refractivity contribution is 5.79. The van der Waals surface area contributed by atoms with Crippen molar-refractivity contribution in [2.24, 2.45) is 17.8 Å². The molecule has 0 amide bonds. The summed E-state index contributed by atoms with van der Waals surface area (Å²) in [5.74, 6) is 2.15. The second-order valence-corrected chi connectivity index (χ2v) is 13.0. The zero-order valence-electron chi connectivity index (χ0n) is 24.6. The van der Waals surface area contributed by atoms with Gasteiger partial charge in [0, 0.05) is 29.1 Å². The molecule has 6 aliphatic rings. The molecular weight excluding hydrogens is 518 g/mol. The molecule has 3 aromatic rings. The largest absolute Gasteiger partial charge is 0.333 e. The summed E-state index contributed by atoms with van der Waals surface area (Å²) in [6, 6.07) is 29.3. The van der Waals surface area contributed by atoms with Crippen molar-refractivity contribution in [3.63, 3.8) is 0 Å². The van der Waals surface area contributed by atoms with Crippen molar-refractivity contribution in [1.82, 2.24) is 0 Å². The zero-order chi connectivity index (χ0) is 28.3. The van der Waals surface area contributed by atoms with Gasteiger partial charge in [0.15, 0.2) is 0 Å². The molecule has 0 N–H and O–H groups in total. The lowest BCUT2D eigenvalue weighted by atomic mass is 9.59. The summed E-state index contributed by atoms with van der Waals surface area (Å²) in [5, 5.41) is 0. The van der Waals surface area contributed by atoms with Crippen LogP contribution >= 0.6 is 0 Å². The number of nitrogens with zero attached hydrogens (tertiary/aromatic N) is 1. The van der Waals surface area contributed by atoms with Crippen LogP contribution in [0.15, 0.2) is 161 Å². The Balaban J connectivity index is 1.11. The lowest BCUT2D eigenvalue weighted by Gasteiger charge is -2.45. The van der Waals surface area contributed by atoms with E-state index in [1.54, 1.807) is 16.7 Å². The van der Waals surface area contributed by atoms with Crippen LogP contribution in [0, 0.1) is 17.8 Å². The first-order chi connectivity index (χ1) is 21.3. The average Bonchev–Trinajstić information content (AvgIpc) is 3.43. The molecule has 0 saturated heterocycles. The third-order valence-corrected chi connectivity index (χ3v) is 10.9. The first-order valence-electron chi connectivity index (χ1n) is 16.2. The van der Waals surface area contributed by atoms with E-state index in [2.05, 4.69) is 138 Å². The number of anilines is 2. The third-order valence-electron chi connectivity index (χ3n) is 10.9. The van der Waals surface area contributed by atoms with Gasteiger partial charge in [0.05, 0.1) is 6.04 Å². The number of benzene rings is 3. The second-order valence-electron chi connectivity index (χ2n) is 13.0. The lowest BCUT2D eigenvalue weighted by Crippen LogP contribution is -2.34. The Morgan fingerprint density at radius 1 is 0.744 bits per heavy atom. The molecule has 0 aromatic heterocycles. The molecule has 9 rings (SSSR count). The Morgan fingerprint density at radius 2 is 1.63 bits per heavy atom. The van der Waals surface area contributed by atoms with Crippen LogP contribution in [0.4, 0.5) is 11.4 Å². The molecule has 0 bridgehead atoms. The molecule has 43 heavy (non-hydrogen) atoms. The predicted octanol–water partition coefficient (Wildman–Crippen LogP) is 10.6. The fourth-order valence-corrected chi connectivity index (χ4v) is 9.04. The molecule has 1 nitrogen and oxygen atoms in total. The van der Waals surface area contributed by atoms with Gasteiger partial charge in [0.1, 0.15) is 0 Å². The summed E-state index contributed by atoms with van der Waals surface area (Å²) in [4.78, 5) is 2.59. The molecule has 5 unspecified atom stereocenters. The first-order valence-corrected chi connectivity index (χ1v) is 16.2. The number of allylic oxidation sites excluding steroid dienone is 12. The van der Waals surface area contributed by atoms with Crippen molar-refractivity contribution >= 4 is 11.4 Å². The van der Waals surface area contributed by atoms with Crippen LogP contribution < -0.4 is 4.90 Å². The number of fused-ring (bicyclic) bond motifs is 8. The molecule has 5 atom stereocenters. The molecule has 1 aliphatic heterocycles. The van der Waals surface area contributed by atoms with Crippen LogP contribution in [0.3, 0.4) is 0 Å². The van der Waals surface area contributed by atoms with E-state index in [9.17, 15) is 0 Å².